The van der Waals surface area contributed by atoms with E-state index in [2.05, 4.69) is 10.1 Å². The Morgan fingerprint density at radius 2 is 2.50 bits per heavy atom. The van der Waals surface area contributed by atoms with Crippen LogP contribution in [0.1, 0.15) is 6.92 Å². The molecule has 0 aliphatic heterocycles. The number of thioether (sulfide) groups is 1. The van der Waals surface area contributed by atoms with Crippen LogP contribution in [0.25, 0.3) is 0 Å². The number of carbonyl (C=O) groups is 1. The average Bonchev–Trinajstić information content (AvgIpc) is 2.36. The highest BCUT2D eigenvalue weighted by Crippen LogP contribution is 2.19. The molecular weight excluding hydrogens is 178 g/mol. The maximum atomic E-state index is 10.5. The smallest absolute Gasteiger partial charge is 0.316 e. The Morgan fingerprint density at radius 1 is 1.83 bits per heavy atom. The Hall–Kier alpha value is -1.04. The fourth-order valence-corrected chi connectivity index (χ4v) is 1.33. The van der Waals surface area contributed by atoms with Crippen molar-refractivity contribution in [2.75, 3.05) is 0 Å². The maximum Gasteiger partial charge on any atom is 0.316 e. The van der Waals surface area contributed by atoms with Gasteiger partial charge < -0.3 is 5.11 Å². The summed E-state index contributed by atoms with van der Waals surface area (Å²) in [5.41, 5.74) is 0. The molecule has 0 spiro atoms. The van der Waals surface area contributed by atoms with Crippen molar-refractivity contribution >= 4 is 17.7 Å². The molecule has 0 amide bonds. The third-order valence-corrected chi connectivity index (χ3v) is 2.44. The van der Waals surface area contributed by atoms with Gasteiger partial charge in [0.2, 0.25) is 0 Å². The molecule has 0 bridgehead atoms. The summed E-state index contributed by atoms with van der Waals surface area (Å²) in [5.74, 6) is -0.844. The SMILES string of the molecule is CC(Sc1ncnn1C)C(=O)O. The number of carboxylic acid groups (broad SMARTS) is 1. The minimum atomic E-state index is -0.844. The van der Waals surface area contributed by atoms with Crippen LogP contribution in [-0.4, -0.2) is 31.1 Å². The molecule has 1 aromatic rings. The van der Waals surface area contributed by atoms with Crippen LogP contribution in [0.5, 0.6) is 0 Å². The zero-order chi connectivity index (χ0) is 9.14. The van der Waals surface area contributed by atoms with Gasteiger partial charge in [-0.25, -0.2) is 9.67 Å². The lowest BCUT2D eigenvalue weighted by Gasteiger charge is -2.03. The van der Waals surface area contributed by atoms with Gasteiger partial charge in [0.05, 0.1) is 0 Å². The van der Waals surface area contributed by atoms with Crippen LogP contribution in [-0.2, 0) is 11.8 Å². The first-order chi connectivity index (χ1) is 5.61. The molecule has 5 nitrogen and oxygen atoms in total. The van der Waals surface area contributed by atoms with Crippen molar-refractivity contribution in [3.05, 3.63) is 6.33 Å². The minimum Gasteiger partial charge on any atom is -0.480 e. The van der Waals surface area contributed by atoms with E-state index in [-0.39, 0.29) is 0 Å². The van der Waals surface area contributed by atoms with Crippen LogP contribution in [0.4, 0.5) is 0 Å². The molecule has 1 N–H and O–H groups in total. The maximum absolute atomic E-state index is 10.5. The number of carboxylic acids is 1. The first-order valence-corrected chi connectivity index (χ1v) is 4.22. The second-order valence-corrected chi connectivity index (χ2v) is 3.57. The molecule has 1 unspecified atom stereocenters. The molecule has 0 saturated heterocycles. The number of nitrogens with zero attached hydrogens (tertiary/aromatic N) is 3. The van der Waals surface area contributed by atoms with Crippen LogP contribution in [0.3, 0.4) is 0 Å². The molecule has 1 rings (SSSR count). The van der Waals surface area contributed by atoms with E-state index in [0.29, 0.717) is 5.16 Å². The van der Waals surface area contributed by atoms with E-state index in [9.17, 15) is 4.79 Å². The van der Waals surface area contributed by atoms with Crippen LogP contribution >= 0.6 is 11.8 Å². The second kappa shape index (κ2) is 3.57. The van der Waals surface area contributed by atoms with Gasteiger partial charge in [-0.3, -0.25) is 4.79 Å². The Balaban J connectivity index is 2.64. The van der Waals surface area contributed by atoms with Gasteiger partial charge in [-0.05, 0) is 6.92 Å². The standard InChI is InChI=1S/C6H9N3O2S/c1-4(5(10)11)12-6-7-3-8-9(6)2/h3-4H,1-2H3,(H,10,11). The van der Waals surface area contributed by atoms with Crippen molar-refractivity contribution in [1.29, 1.82) is 0 Å². The molecule has 0 fully saturated rings. The van der Waals surface area contributed by atoms with Gasteiger partial charge in [0.25, 0.3) is 0 Å². The monoisotopic (exact) mass is 187 g/mol. The van der Waals surface area contributed by atoms with Gasteiger partial charge in [-0.1, -0.05) is 11.8 Å². The molecule has 1 heterocycles. The van der Waals surface area contributed by atoms with Gasteiger partial charge in [0.1, 0.15) is 11.6 Å². The summed E-state index contributed by atoms with van der Waals surface area (Å²) in [6.07, 6.45) is 1.40. The highest BCUT2D eigenvalue weighted by Gasteiger charge is 2.14. The first kappa shape index (κ1) is 9.05. The van der Waals surface area contributed by atoms with Gasteiger partial charge in [0, 0.05) is 7.05 Å². The molecule has 1 atom stereocenters. The highest BCUT2D eigenvalue weighted by molar-refractivity contribution is 8.00. The van der Waals surface area contributed by atoms with E-state index in [4.69, 9.17) is 5.11 Å². The summed E-state index contributed by atoms with van der Waals surface area (Å²) in [6.45, 7) is 1.61. The quantitative estimate of drug-likeness (QED) is 0.693. The molecule has 6 heteroatoms. The van der Waals surface area contributed by atoms with Gasteiger partial charge >= 0.3 is 5.97 Å². The number of rotatable bonds is 3. The molecule has 66 valence electrons. The van der Waals surface area contributed by atoms with Gasteiger partial charge in [0.15, 0.2) is 5.16 Å². The number of hydrogen-bond donors (Lipinski definition) is 1. The lowest BCUT2D eigenvalue weighted by molar-refractivity contribution is -0.136. The zero-order valence-corrected chi connectivity index (χ0v) is 7.58. The van der Waals surface area contributed by atoms with Crippen LogP contribution in [0.15, 0.2) is 11.5 Å². The first-order valence-electron chi connectivity index (χ1n) is 3.34. The largest absolute Gasteiger partial charge is 0.480 e. The normalized spacial score (nSPS) is 12.8. The van der Waals surface area contributed by atoms with Gasteiger partial charge in [-0.2, -0.15) is 5.10 Å². The number of aliphatic carboxylic acids is 1. The summed E-state index contributed by atoms with van der Waals surface area (Å²) >= 11 is 1.17. The molecule has 0 radical (unpaired) electrons. The fraction of sp³-hybridized carbons (Fsp3) is 0.500. The molecule has 1 aromatic heterocycles. The Labute approximate surface area is 73.8 Å². The Bertz CT molecular complexity index is 286. The molecule has 0 aliphatic rings. The third-order valence-electron chi connectivity index (χ3n) is 1.30. The van der Waals surface area contributed by atoms with E-state index >= 15 is 0 Å². The number of hydrogen-bond acceptors (Lipinski definition) is 4. The topological polar surface area (TPSA) is 68.0 Å². The van der Waals surface area contributed by atoms with Gasteiger partial charge in [-0.15, -0.1) is 0 Å². The molecule has 0 aromatic carbocycles. The highest BCUT2D eigenvalue weighted by atomic mass is 32.2. The number of aromatic nitrogens is 3. The number of aryl methyl sites for hydroxylation is 1. The third kappa shape index (κ3) is 1.97. The minimum absolute atomic E-state index is 0.493. The van der Waals surface area contributed by atoms with E-state index in [1.807, 2.05) is 0 Å². The Kier molecular flexibility index (Phi) is 2.69. The summed E-state index contributed by atoms with van der Waals surface area (Å²) < 4.78 is 1.55. The van der Waals surface area contributed by atoms with E-state index in [1.165, 1.54) is 18.1 Å². The predicted molar refractivity (Wildman–Crippen MR) is 44.0 cm³/mol. The molecule has 0 saturated carbocycles. The summed E-state index contributed by atoms with van der Waals surface area (Å²) in [7, 11) is 1.73. The summed E-state index contributed by atoms with van der Waals surface area (Å²) in [4.78, 5) is 14.3. The second-order valence-electron chi connectivity index (χ2n) is 2.26. The van der Waals surface area contributed by atoms with Crippen LogP contribution in [0.2, 0.25) is 0 Å². The van der Waals surface area contributed by atoms with E-state index in [1.54, 1.807) is 18.7 Å². The lowest BCUT2D eigenvalue weighted by Crippen LogP contribution is -2.12. The van der Waals surface area contributed by atoms with E-state index < -0.39 is 11.2 Å². The lowest BCUT2D eigenvalue weighted by atomic mass is 10.5. The average molecular weight is 187 g/mol. The van der Waals surface area contributed by atoms with Crippen molar-refractivity contribution in [2.24, 2.45) is 7.05 Å². The van der Waals surface area contributed by atoms with Crippen molar-refractivity contribution < 1.29 is 9.90 Å². The summed E-state index contributed by atoms with van der Waals surface area (Å²) in [6, 6.07) is 0. The fourth-order valence-electron chi connectivity index (χ4n) is 0.601. The van der Waals surface area contributed by atoms with Crippen molar-refractivity contribution in [3.8, 4) is 0 Å². The van der Waals surface area contributed by atoms with Crippen molar-refractivity contribution in [3.63, 3.8) is 0 Å². The van der Waals surface area contributed by atoms with E-state index in [0.717, 1.165) is 0 Å². The Morgan fingerprint density at radius 3 is 2.92 bits per heavy atom. The van der Waals surface area contributed by atoms with Crippen molar-refractivity contribution in [2.45, 2.75) is 17.3 Å². The zero-order valence-electron chi connectivity index (χ0n) is 6.76. The van der Waals surface area contributed by atoms with Crippen molar-refractivity contribution in [1.82, 2.24) is 14.8 Å². The summed E-state index contributed by atoms with van der Waals surface area (Å²) in [5, 5.41) is 12.5. The molecule has 12 heavy (non-hydrogen) atoms. The molecular formula is C6H9N3O2S. The molecule has 0 aliphatic carbocycles. The van der Waals surface area contributed by atoms with Crippen LogP contribution in [0, 0.1) is 0 Å². The predicted octanol–water partition coefficient (Wildman–Crippen LogP) is 0.380. The van der Waals surface area contributed by atoms with Crippen LogP contribution < -0.4 is 0 Å².